The van der Waals surface area contributed by atoms with Gasteiger partial charge in [-0.15, -0.1) is 0 Å². The van der Waals surface area contributed by atoms with E-state index in [1.165, 1.54) is 5.69 Å². The van der Waals surface area contributed by atoms with E-state index in [4.69, 9.17) is 0 Å². The first-order valence-corrected chi connectivity index (χ1v) is 4.62. The molecule has 0 amide bonds. The zero-order chi connectivity index (χ0) is 9.42. The lowest BCUT2D eigenvalue weighted by Gasteiger charge is -2.36. The molecule has 0 unspecified atom stereocenters. The summed E-state index contributed by atoms with van der Waals surface area (Å²) in [7, 11) is 4.16. The molecule has 0 saturated carbocycles. The van der Waals surface area contributed by atoms with E-state index in [0.29, 0.717) is 6.04 Å². The van der Waals surface area contributed by atoms with Crippen molar-refractivity contribution in [2.45, 2.75) is 13.0 Å². The van der Waals surface area contributed by atoms with Crippen molar-refractivity contribution in [3.05, 3.63) is 11.9 Å². The summed E-state index contributed by atoms with van der Waals surface area (Å²) in [6.45, 7) is 4.22. The van der Waals surface area contributed by atoms with Crippen molar-refractivity contribution >= 4 is 5.95 Å². The van der Waals surface area contributed by atoms with Crippen LogP contribution in [-0.4, -0.2) is 35.7 Å². The van der Waals surface area contributed by atoms with Gasteiger partial charge < -0.3 is 14.8 Å². The molecule has 1 aliphatic heterocycles. The lowest BCUT2D eigenvalue weighted by molar-refractivity contribution is 0.422. The maximum atomic E-state index is 4.38. The minimum Gasteiger partial charge on any atom is -0.340 e. The Morgan fingerprint density at radius 1 is 1.62 bits per heavy atom. The summed E-state index contributed by atoms with van der Waals surface area (Å²) in [4.78, 5) is 6.62. The largest absolute Gasteiger partial charge is 0.340 e. The molecular weight excluding hydrogens is 164 g/mol. The Hall–Kier alpha value is -1.03. The third-order valence-electron chi connectivity index (χ3n) is 2.82. The molecule has 13 heavy (non-hydrogen) atoms. The first-order chi connectivity index (χ1) is 6.20. The molecule has 4 nitrogen and oxygen atoms in total. The van der Waals surface area contributed by atoms with Crippen molar-refractivity contribution in [2.24, 2.45) is 7.05 Å². The van der Waals surface area contributed by atoms with Gasteiger partial charge in [0.25, 0.3) is 0 Å². The van der Waals surface area contributed by atoms with E-state index in [1.54, 1.807) is 0 Å². The molecule has 1 fully saturated rings. The molecule has 0 aliphatic carbocycles. The summed E-state index contributed by atoms with van der Waals surface area (Å²) < 4.78 is 2.12. The summed E-state index contributed by atoms with van der Waals surface area (Å²) in [5, 5.41) is 3.26. The highest BCUT2D eigenvalue weighted by molar-refractivity contribution is 5.34. The van der Waals surface area contributed by atoms with Gasteiger partial charge in [0.2, 0.25) is 5.95 Å². The number of aromatic nitrogens is 2. The molecular formula is C9H16N4. The minimum absolute atomic E-state index is 0.612. The maximum absolute atomic E-state index is 4.38. The second kappa shape index (κ2) is 3.03. The molecule has 2 rings (SSSR count). The second-order valence-electron chi connectivity index (χ2n) is 3.68. The minimum atomic E-state index is 0.612. The van der Waals surface area contributed by atoms with Gasteiger partial charge in [-0.3, -0.25) is 0 Å². The standard InChI is InChI=1S/C9H16N4/c1-7-4-11-9(12(7)2)13(3)8-5-10-6-8/h4,8,10H,5-6H2,1-3H3. The Balaban J connectivity index is 2.18. The van der Waals surface area contributed by atoms with Gasteiger partial charge >= 0.3 is 0 Å². The van der Waals surface area contributed by atoms with Crippen LogP contribution in [0.3, 0.4) is 0 Å². The fourth-order valence-corrected chi connectivity index (χ4v) is 1.52. The van der Waals surface area contributed by atoms with Gasteiger partial charge in [-0.25, -0.2) is 4.98 Å². The van der Waals surface area contributed by atoms with Crippen LogP contribution in [0, 0.1) is 6.92 Å². The molecule has 0 radical (unpaired) electrons. The molecule has 1 aromatic heterocycles. The average Bonchev–Trinajstić information content (AvgIpc) is 2.29. The molecule has 1 aromatic rings. The molecule has 72 valence electrons. The van der Waals surface area contributed by atoms with Crippen molar-refractivity contribution in [2.75, 3.05) is 25.0 Å². The van der Waals surface area contributed by atoms with Crippen molar-refractivity contribution in [1.29, 1.82) is 0 Å². The first-order valence-electron chi connectivity index (χ1n) is 4.62. The van der Waals surface area contributed by atoms with Crippen LogP contribution in [0.5, 0.6) is 0 Å². The van der Waals surface area contributed by atoms with E-state index in [0.717, 1.165) is 19.0 Å². The molecule has 1 aliphatic rings. The van der Waals surface area contributed by atoms with Crippen LogP contribution in [0.4, 0.5) is 5.95 Å². The van der Waals surface area contributed by atoms with Gasteiger partial charge in [-0.05, 0) is 6.92 Å². The summed E-state index contributed by atoms with van der Waals surface area (Å²) in [5.74, 6) is 1.06. The van der Waals surface area contributed by atoms with Crippen molar-refractivity contribution in [3.63, 3.8) is 0 Å². The monoisotopic (exact) mass is 180 g/mol. The summed E-state index contributed by atoms with van der Waals surface area (Å²) >= 11 is 0. The fourth-order valence-electron chi connectivity index (χ4n) is 1.52. The van der Waals surface area contributed by atoms with Crippen LogP contribution in [0.2, 0.25) is 0 Å². The quantitative estimate of drug-likeness (QED) is 0.702. The van der Waals surface area contributed by atoms with Gasteiger partial charge in [0.15, 0.2) is 0 Å². The summed E-state index contributed by atoms with van der Waals surface area (Å²) in [6, 6.07) is 0.612. The Labute approximate surface area is 78.6 Å². The third kappa shape index (κ3) is 1.31. The number of aryl methyl sites for hydroxylation is 1. The van der Waals surface area contributed by atoms with Crippen LogP contribution in [0.15, 0.2) is 6.20 Å². The van der Waals surface area contributed by atoms with E-state index >= 15 is 0 Å². The predicted molar refractivity (Wildman–Crippen MR) is 53.0 cm³/mol. The summed E-state index contributed by atoms with van der Waals surface area (Å²) in [6.07, 6.45) is 1.91. The number of nitrogens with one attached hydrogen (secondary N) is 1. The zero-order valence-electron chi connectivity index (χ0n) is 8.41. The molecule has 0 bridgehead atoms. The number of likely N-dealkylation sites (N-methyl/N-ethyl adjacent to an activating group) is 1. The van der Waals surface area contributed by atoms with Crippen LogP contribution in [-0.2, 0) is 7.05 Å². The number of imidazole rings is 1. The molecule has 0 atom stereocenters. The molecule has 1 saturated heterocycles. The Kier molecular flexibility index (Phi) is 2.00. The fraction of sp³-hybridized carbons (Fsp3) is 0.667. The normalized spacial score (nSPS) is 17.2. The molecule has 2 heterocycles. The highest BCUT2D eigenvalue weighted by Crippen LogP contribution is 2.15. The van der Waals surface area contributed by atoms with E-state index in [1.807, 2.05) is 6.20 Å². The third-order valence-corrected chi connectivity index (χ3v) is 2.82. The number of hydrogen-bond acceptors (Lipinski definition) is 3. The van der Waals surface area contributed by atoms with Crippen LogP contribution < -0.4 is 10.2 Å². The Morgan fingerprint density at radius 3 is 2.69 bits per heavy atom. The highest BCUT2D eigenvalue weighted by Gasteiger charge is 2.24. The van der Waals surface area contributed by atoms with Crippen LogP contribution in [0.1, 0.15) is 5.69 Å². The second-order valence-corrected chi connectivity index (χ2v) is 3.68. The molecule has 0 spiro atoms. The van der Waals surface area contributed by atoms with E-state index in [2.05, 4.69) is 40.8 Å². The van der Waals surface area contributed by atoms with Gasteiger partial charge in [-0.2, -0.15) is 0 Å². The van der Waals surface area contributed by atoms with E-state index in [-0.39, 0.29) is 0 Å². The van der Waals surface area contributed by atoms with Crippen molar-refractivity contribution < 1.29 is 0 Å². The zero-order valence-corrected chi connectivity index (χ0v) is 8.41. The number of hydrogen-bond donors (Lipinski definition) is 1. The SMILES string of the molecule is Cc1cnc(N(C)C2CNC2)n1C. The van der Waals surface area contributed by atoms with Gasteiger partial charge in [0.05, 0.1) is 12.2 Å². The maximum Gasteiger partial charge on any atom is 0.205 e. The Morgan fingerprint density at radius 2 is 2.31 bits per heavy atom. The van der Waals surface area contributed by atoms with Gasteiger partial charge in [0, 0.05) is 32.9 Å². The molecule has 0 aromatic carbocycles. The van der Waals surface area contributed by atoms with Crippen molar-refractivity contribution in [3.8, 4) is 0 Å². The first kappa shape index (κ1) is 8.56. The number of nitrogens with zero attached hydrogens (tertiary/aromatic N) is 3. The van der Waals surface area contributed by atoms with Gasteiger partial charge in [-0.1, -0.05) is 0 Å². The van der Waals surface area contributed by atoms with Crippen molar-refractivity contribution in [1.82, 2.24) is 14.9 Å². The molecule has 4 heteroatoms. The predicted octanol–water partition coefficient (Wildman–Crippen LogP) is 0.137. The molecule has 1 N–H and O–H groups in total. The van der Waals surface area contributed by atoms with E-state index < -0.39 is 0 Å². The van der Waals surface area contributed by atoms with Crippen LogP contribution in [0.25, 0.3) is 0 Å². The van der Waals surface area contributed by atoms with Gasteiger partial charge in [0.1, 0.15) is 0 Å². The lowest BCUT2D eigenvalue weighted by atomic mass is 10.1. The van der Waals surface area contributed by atoms with Crippen LogP contribution >= 0.6 is 0 Å². The smallest absolute Gasteiger partial charge is 0.205 e. The number of anilines is 1. The highest BCUT2D eigenvalue weighted by atomic mass is 15.3. The Bertz CT molecular complexity index is 301. The topological polar surface area (TPSA) is 33.1 Å². The summed E-state index contributed by atoms with van der Waals surface area (Å²) in [5.41, 5.74) is 1.20. The average molecular weight is 180 g/mol. The lowest BCUT2D eigenvalue weighted by Crippen LogP contribution is -2.56. The van der Waals surface area contributed by atoms with E-state index in [9.17, 15) is 0 Å². The number of rotatable bonds is 2.